The Morgan fingerprint density at radius 2 is 1.57 bits per heavy atom. The second kappa shape index (κ2) is 8.65. The molecule has 2 rings (SSSR count). The molecule has 0 aliphatic rings. The summed E-state index contributed by atoms with van der Waals surface area (Å²) >= 11 is 0. The lowest BCUT2D eigenvalue weighted by molar-refractivity contribution is 0.561. The van der Waals surface area contributed by atoms with Crippen LogP contribution in [0.3, 0.4) is 0 Å². The second-order valence-corrected chi connectivity index (χ2v) is 5.89. The normalized spacial score (nSPS) is 11.3. The zero-order valence-electron chi connectivity index (χ0n) is 13.2. The molecule has 2 N–H and O–H groups in total. The first-order chi connectivity index (χ1) is 10.3. The summed E-state index contributed by atoms with van der Waals surface area (Å²) in [5, 5.41) is 8.44. The van der Waals surface area contributed by atoms with Crippen molar-refractivity contribution in [2.45, 2.75) is 71.1 Å². The van der Waals surface area contributed by atoms with Crippen molar-refractivity contribution in [3.63, 3.8) is 0 Å². The molecule has 2 aromatic rings. The Labute approximate surface area is 127 Å². The number of nitrogens with zero attached hydrogens (tertiary/aromatic N) is 3. The third-order valence-corrected chi connectivity index (χ3v) is 4.00. The molecule has 0 saturated carbocycles. The maximum Gasteiger partial charge on any atom is 0.160 e. The molecule has 0 unspecified atom stereocenters. The molecule has 0 fully saturated rings. The number of hydrogen-bond donors (Lipinski definition) is 1. The number of rotatable bonds is 10. The van der Waals surface area contributed by atoms with E-state index in [0.717, 1.165) is 23.6 Å². The molecule has 0 aliphatic heterocycles. The average Bonchev–Trinajstić information content (AvgIpc) is 2.88. The van der Waals surface area contributed by atoms with Gasteiger partial charge in [-0.15, -0.1) is 10.2 Å². The van der Waals surface area contributed by atoms with Gasteiger partial charge in [0.1, 0.15) is 5.82 Å². The molecular weight excluding hydrogens is 260 g/mol. The summed E-state index contributed by atoms with van der Waals surface area (Å²) in [7, 11) is 0. The van der Waals surface area contributed by atoms with E-state index in [0.29, 0.717) is 0 Å². The van der Waals surface area contributed by atoms with Gasteiger partial charge in [-0.1, -0.05) is 58.3 Å². The molecule has 2 heterocycles. The first kappa shape index (κ1) is 15.8. The molecule has 116 valence electrons. The number of anilines is 1. The van der Waals surface area contributed by atoms with Crippen LogP contribution in [0.5, 0.6) is 0 Å². The highest BCUT2D eigenvalue weighted by molar-refractivity contribution is 5.47. The molecule has 0 atom stereocenters. The SMILES string of the molecule is CCCCCCCCCCCc1nnc2ccc(N)cn12. The Balaban J connectivity index is 1.63. The third kappa shape index (κ3) is 5.03. The number of nitrogen functional groups attached to an aromatic ring is 1. The predicted octanol–water partition coefficient (Wildman–Crippen LogP) is 4.38. The summed E-state index contributed by atoms with van der Waals surface area (Å²) in [6, 6.07) is 3.79. The van der Waals surface area contributed by atoms with E-state index < -0.39 is 0 Å². The van der Waals surface area contributed by atoms with E-state index in [2.05, 4.69) is 17.1 Å². The van der Waals surface area contributed by atoms with Crippen LogP contribution in [0.15, 0.2) is 18.3 Å². The average molecular weight is 288 g/mol. The topological polar surface area (TPSA) is 56.2 Å². The molecule has 21 heavy (non-hydrogen) atoms. The zero-order valence-corrected chi connectivity index (χ0v) is 13.2. The van der Waals surface area contributed by atoms with E-state index in [-0.39, 0.29) is 0 Å². The Hall–Kier alpha value is -1.58. The molecule has 0 radical (unpaired) electrons. The Bertz CT molecular complexity index is 533. The van der Waals surface area contributed by atoms with E-state index in [1.807, 2.05) is 22.7 Å². The first-order valence-electron chi connectivity index (χ1n) is 8.40. The van der Waals surface area contributed by atoms with Crippen molar-refractivity contribution in [1.82, 2.24) is 14.6 Å². The minimum Gasteiger partial charge on any atom is -0.398 e. The number of pyridine rings is 1. The van der Waals surface area contributed by atoms with Crippen molar-refractivity contribution in [2.24, 2.45) is 0 Å². The standard InChI is InChI=1S/C17H28N4/c1-2-3-4-5-6-7-8-9-10-11-16-19-20-17-13-12-15(18)14-21(16)17/h12-14H,2-11,18H2,1H3. The highest BCUT2D eigenvalue weighted by atomic mass is 15.2. The van der Waals surface area contributed by atoms with Crippen LogP contribution in [-0.4, -0.2) is 14.6 Å². The van der Waals surface area contributed by atoms with E-state index in [9.17, 15) is 0 Å². The van der Waals surface area contributed by atoms with Gasteiger partial charge in [-0.05, 0) is 18.6 Å². The van der Waals surface area contributed by atoms with Crippen molar-refractivity contribution >= 4 is 11.3 Å². The highest BCUT2D eigenvalue weighted by Gasteiger charge is 2.04. The van der Waals surface area contributed by atoms with Gasteiger partial charge in [0.15, 0.2) is 5.65 Å². The maximum atomic E-state index is 5.82. The van der Waals surface area contributed by atoms with Gasteiger partial charge in [-0.3, -0.25) is 4.40 Å². The quantitative estimate of drug-likeness (QED) is 0.660. The summed E-state index contributed by atoms with van der Waals surface area (Å²) in [6.07, 6.45) is 15.0. The van der Waals surface area contributed by atoms with Gasteiger partial charge in [-0.25, -0.2) is 0 Å². The minimum absolute atomic E-state index is 0.760. The number of aryl methyl sites for hydroxylation is 1. The first-order valence-corrected chi connectivity index (χ1v) is 8.40. The second-order valence-electron chi connectivity index (χ2n) is 5.89. The van der Waals surface area contributed by atoms with Crippen LogP contribution < -0.4 is 5.73 Å². The molecule has 0 spiro atoms. The maximum absolute atomic E-state index is 5.82. The number of hydrogen-bond acceptors (Lipinski definition) is 3. The molecule has 0 aromatic carbocycles. The van der Waals surface area contributed by atoms with Crippen molar-refractivity contribution in [2.75, 3.05) is 5.73 Å². The lowest BCUT2D eigenvalue weighted by Crippen LogP contribution is -1.97. The molecule has 0 saturated heterocycles. The number of nitrogens with two attached hydrogens (primary N) is 1. The molecular formula is C17H28N4. The van der Waals surface area contributed by atoms with Crippen molar-refractivity contribution in [3.8, 4) is 0 Å². The Morgan fingerprint density at radius 1 is 0.905 bits per heavy atom. The van der Waals surface area contributed by atoms with Gasteiger partial charge in [0.2, 0.25) is 0 Å². The summed E-state index contributed by atoms with van der Waals surface area (Å²) < 4.78 is 2.01. The van der Waals surface area contributed by atoms with Gasteiger partial charge in [0.25, 0.3) is 0 Å². The minimum atomic E-state index is 0.760. The van der Waals surface area contributed by atoms with Crippen LogP contribution in [0.1, 0.15) is 70.5 Å². The van der Waals surface area contributed by atoms with Crippen LogP contribution in [0.2, 0.25) is 0 Å². The third-order valence-electron chi connectivity index (χ3n) is 4.00. The molecule has 2 aromatic heterocycles. The van der Waals surface area contributed by atoms with Crippen LogP contribution in [0.25, 0.3) is 5.65 Å². The van der Waals surface area contributed by atoms with E-state index >= 15 is 0 Å². The lowest BCUT2D eigenvalue weighted by Gasteiger charge is -2.02. The van der Waals surface area contributed by atoms with E-state index in [1.54, 1.807) is 0 Å². The summed E-state index contributed by atoms with van der Waals surface area (Å²) in [5.74, 6) is 1.03. The number of unbranched alkanes of at least 4 members (excludes halogenated alkanes) is 8. The van der Waals surface area contributed by atoms with Gasteiger partial charge in [0, 0.05) is 18.3 Å². The zero-order chi connectivity index (χ0) is 14.9. The summed E-state index contributed by atoms with van der Waals surface area (Å²) in [6.45, 7) is 2.27. The van der Waals surface area contributed by atoms with Crippen LogP contribution >= 0.6 is 0 Å². The fourth-order valence-electron chi connectivity index (χ4n) is 2.72. The molecule has 4 nitrogen and oxygen atoms in total. The van der Waals surface area contributed by atoms with Crippen molar-refractivity contribution in [1.29, 1.82) is 0 Å². The van der Waals surface area contributed by atoms with Gasteiger partial charge >= 0.3 is 0 Å². The van der Waals surface area contributed by atoms with E-state index in [4.69, 9.17) is 5.73 Å². The fraction of sp³-hybridized carbons (Fsp3) is 0.647. The number of fused-ring (bicyclic) bond motifs is 1. The van der Waals surface area contributed by atoms with Crippen LogP contribution in [0, 0.1) is 0 Å². The predicted molar refractivity (Wildman–Crippen MR) is 88.3 cm³/mol. The fourth-order valence-corrected chi connectivity index (χ4v) is 2.72. The largest absolute Gasteiger partial charge is 0.398 e. The van der Waals surface area contributed by atoms with Crippen molar-refractivity contribution in [3.05, 3.63) is 24.2 Å². The molecule has 0 aliphatic carbocycles. The van der Waals surface area contributed by atoms with Crippen molar-refractivity contribution < 1.29 is 0 Å². The van der Waals surface area contributed by atoms with E-state index in [1.165, 1.54) is 57.8 Å². The lowest BCUT2D eigenvalue weighted by atomic mass is 10.1. The Kier molecular flexibility index (Phi) is 6.51. The Morgan fingerprint density at radius 3 is 2.29 bits per heavy atom. The molecule has 0 amide bonds. The molecule has 4 heteroatoms. The summed E-state index contributed by atoms with van der Waals surface area (Å²) in [5.41, 5.74) is 7.46. The smallest absolute Gasteiger partial charge is 0.160 e. The van der Waals surface area contributed by atoms with Gasteiger partial charge in [0.05, 0.1) is 0 Å². The van der Waals surface area contributed by atoms with Crippen LogP contribution in [-0.2, 0) is 6.42 Å². The number of aromatic nitrogens is 3. The molecule has 0 bridgehead atoms. The summed E-state index contributed by atoms with van der Waals surface area (Å²) in [4.78, 5) is 0. The highest BCUT2D eigenvalue weighted by Crippen LogP contribution is 2.13. The van der Waals surface area contributed by atoms with Crippen LogP contribution in [0.4, 0.5) is 5.69 Å². The van der Waals surface area contributed by atoms with Gasteiger partial charge < -0.3 is 5.73 Å². The van der Waals surface area contributed by atoms with Gasteiger partial charge in [-0.2, -0.15) is 0 Å². The monoisotopic (exact) mass is 288 g/mol.